The molecule has 1 atom stereocenters. The molecule has 1 aromatic carbocycles. The Labute approximate surface area is 99.4 Å². The van der Waals surface area contributed by atoms with Crippen molar-refractivity contribution in [1.29, 1.82) is 0 Å². The van der Waals surface area contributed by atoms with Crippen molar-refractivity contribution < 1.29 is 9.50 Å². The summed E-state index contributed by atoms with van der Waals surface area (Å²) in [6, 6.07) is 1.18. The molecule has 0 spiro atoms. The second-order valence-electron chi connectivity index (χ2n) is 4.23. The van der Waals surface area contributed by atoms with Gasteiger partial charge in [0, 0.05) is 11.6 Å². The van der Waals surface area contributed by atoms with E-state index in [0.717, 1.165) is 25.8 Å². The number of hydrogen-bond acceptors (Lipinski definition) is 2. The normalized spacial score (nSPS) is 21.1. The monoisotopic (exact) mass is 243 g/mol. The molecule has 0 bridgehead atoms. The van der Waals surface area contributed by atoms with Crippen LogP contribution in [-0.2, 0) is 0 Å². The van der Waals surface area contributed by atoms with Gasteiger partial charge in [0.05, 0.1) is 5.02 Å². The molecule has 1 saturated heterocycles. The summed E-state index contributed by atoms with van der Waals surface area (Å²) in [6.07, 6.45) is 3.12. The van der Waals surface area contributed by atoms with E-state index in [4.69, 9.17) is 11.6 Å². The fraction of sp³-hybridized carbons (Fsp3) is 0.500. The fourth-order valence-corrected chi connectivity index (χ4v) is 2.44. The quantitative estimate of drug-likeness (QED) is 0.793. The Morgan fingerprint density at radius 1 is 1.50 bits per heavy atom. The SMILES string of the molecule is Cc1c(F)cc(Cl)c(O)c1C1CCCCN1. The maximum absolute atomic E-state index is 13.6. The lowest BCUT2D eigenvalue weighted by molar-refractivity contribution is 0.387. The summed E-state index contributed by atoms with van der Waals surface area (Å²) in [6.45, 7) is 2.58. The van der Waals surface area contributed by atoms with Crippen LogP contribution >= 0.6 is 11.6 Å². The molecule has 0 amide bonds. The van der Waals surface area contributed by atoms with Crippen molar-refractivity contribution in [2.24, 2.45) is 0 Å². The van der Waals surface area contributed by atoms with Crippen LogP contribution in [0.2, 0.25) is 5.02 Å². The van der Waals surface area contributed by atoms with Crippen molar-refractivity contribution in [2.75, 3.05) is 6.54 Å². The molecule has 0 aliphatic carbocycles. The van der Waals surface area contributed by atoms with Gasteiger partial charge in [-0.15, -0.1) is 0 Å². The molecule has 2 N–H and O–H groups in total. The molecule has 1 heterocycles. The summed E-state index contributed by atoms with van der Waals surface area (Å²) in [7, 11) is 0. The predicted molar refractivity (Wildman–Crippen MR) is 62.4 cm³/mol. The third-order valence-corrected chi connectivity index (χ3v) is 3.44. The molecule has 16 heavy (non-hydrogen) atoms. The first-order valence-electron chi connectivity index (χ1n) is 5.52. The van der Waals surface area contributed by atoms with Gasteiger partial charge in [0.15, 0.2) is 0 Å². The van der Waals surface area contributed by atoms with Gasteiger partial charge in [-0.3, -0.25) is 0 Å². The summed E-state index contributed by atoms with van der Waals surface area (Å²) in [4.78, 5) is 0. The molecule has 0 saturated carbocycles. The van der Waals surface area contributed by atoms with E-state index in [0.29, 0.717) is 11.1 Å². The van der Waals surface area contributed by atoms with Crippen molar-refractivity contribution >= 4 is 11.6 Å². The topological polar surface area (TPSA) is 32.3 Å². The van der Waals surface area contributed by atoms with Gasteiger partial charge in [-0.05, 0) is 37.9 Å². The number of phenolic OH excluding ortho intramolecular Hbond substituents is 1. The van der Waals surface area contributed by atoms with E-state index in [9.17, 15) is 9.50 Å². The summed E-state index contributed by atoms with van der Waals surface area (Å²) in [5, 5.41) is 13.3. The Morgan fingerprint density at radius 3 is 2.88 bits per heavy atom. The minimum atomic E-state index is -0.356. The zero-order valence-electron chi connectivity index (χ0n) is 9.19. The summed E-state index contributed by atoms with van der Waals surface area (Å²) < 4.78 is 13.6. The molecule has 0 radical (unpaired) electrons. The first kappa shape index (κ1) is 11.7. The zero-order valence-corrected chi connectivity index (χ0v) is 9.94. The highest BCUT2D eigenvalue weighted by molar-refractivity contribution is 6.32. The van der Waals surface area contributed by atoms with Crippen molar-refractivity contribution in [3.05, 3.63) is 28.0 Å². The van der Waals surface area contributed by atoms with Crippen LogP contribution in [-0.4, -0.2) is 11.7 Å². The summed E-state index contributed by atoms with van der Waals surface area (Å²) >= 11 is 5.79. The van der Waals surface area contributed by atoms with Crippen molar-refractivity contribution in [3.8, 4) is 5.75 Å². The van der Waals surface area contributed by atoms with Gasteiger partial charge in [0.1, 0.15) is 11.6 Å². The molecule has 1 aliphatic heterocycles. The number of aromatic hydroxyl groups is 1. The van der Waals surface area contributed by atoms with Crippen LogP contribution in [0, 0.1) is 12.7 Å². The van der Waals surface area contributed by atoms with E-state index in [1.807, 2.05) is 0 Å². The largest absolute Gasteiger partial charge is 0.506 e. The Hall–Kier alpha value is -0.800. The zero-order chi connectivity index (χ0) is 11.7. The molecule has 1 unspecified atom stereocenters. The number of phenols is 1. The van der Waals surface area contributed by atoms with Gasteiger partial charge in [0.25, 0.3) is 0 Å². The minimum absolute atomic E-state index is 0.0139. The van der Waals surface area contributed by atoms with Gasteiger partial charge in [-0.1, -0.05) is 18.0 Å². The van der Waals surface area contributed by atoms with Gasteiger partial charge in [-0.25, -0.2) is 4.39 Å². The number of hydrogen-bond donors (Lipinski definition) is 2. The van der Waals surface area contributed by atoms with E-state index < -0.39 is 0 Å². The minimum Gasteiger partial charge on any atom is -0.506 e. The van der Waals surface area contributed by atoms with E-state index >= 15 is 0 Å². The lowest BCUT2D eigenvalue weighted by Gasteiger charge is -2.26. The molecular formula is C12H15ClFNO. The molecule has 4 heteroatoms. The summed E-state index contributed by atoms with van der Waals surface area (Å²) in [5.74, 6) is -0.342. The highest BCUT2D eigenvalue weighted by Gasteiger charge is 2.23. The van der Waals surface area contributed by atoms with Gasteiger partial charge in [-0.2, -0.15) is 0 Å². The Bertz CT molecular complexity index is 376. The first-order chi connectivity index (χ1) is 7.61. The average molecular weight is 244 g/mol. The third-order valence-electron chi connectivity index (χ3n) is 3.16. The lowest BCUT2D eigenvalue weighted by Crippen LogP contribution is -2.27. The molecule has 2 rings (SSSR count). The molecule has 2 nitrogen and oxygen atoms in total. The van der Waals surface area contributed by atoms with Crippen LogP contribution in [0.5, 0.6) is 5.75 Å². The first-order valence-corrected chi connectivity index (χ1v) is 5.90. The van der Waals surface area contributed by atoms with Crippen LogP contribution in [0.4, 0.5) is 4.39 Å². The smallest absolute Gasteiger partial charge is 0.139 e. The molecule has 1 aliphatic rings. The van der Waals surface area contributed by atoms with Crippen LogP contribution < -0.4 is 5.32 Å². The maximum Gasteiger partial charge on any atom is 0.139 e. The number of nitrogens with one attached hydrogen (secondary N) is 1. The maximum atomic E-state index is 13.6. The van der Waals surface area contributed by atoms with Crippen LogP contribution in [0.1, 0.15) is 36.4 Å². The molecule has 1 aromatic rings. The second kappa shape index (κ2) is 4.60. The molecule has 88 valence electrons. The molecule has 1 fully saturated rings. The number of halogens is 2. The highest BCUT2D eigenvalue weighted by atomic mass is 35.5. The van der Waals surface area contributed by atoms with E-state index in [2.05, 4.69) is 5.32 Å². The second-order valence-corrected chi connectivity index (χ2v) is 4.64. The van der Waals surface area contributed by atoms with Crippen LogP contribution in [0.25, 0.3) is 0 Å². The van der Waals surface area contributed by atoms with Gasteiger partial charge < -0.3 is 10.4 Å². The predicted octanol–water partition coefficient (Wildman–Crippen LogP) is 3.31. The van der Waals surface area contributed by atoms with E-state index in [1.54, 1.807) is 6.92 Å². The Kier molecular flexibility index (Phi) is 3.36. The number of rotatable bonds is 1. The Morgan fingerprint density at radius 2 is 2.25 bits per heavy atom. The number of benzene rings is 1. The standard InChI is InChI=1S/C12H15ClFNO/c1-7-9(14)6-8(13)12(16)11(7)10-4-2-3-5-15-10/h6,10,15-16H,2-5H2,1H3. The van der Waals surface area contributed by atoms with Crippen molar-refractivity contribution in [3.63, 3.8) is 0 Å². The fourth-order valence-electron chi connectivity index (χ4n) is 2.25. The van der Waals surface area contributed by atoms with E-state index in [-0.39, 0.29) is 22.6 Å². The van der Waals surface area contributed by atoms with E-state index in [1.165, 1.54) is 6.07 Å². The van der Waals surface area contributed by atoms with Crippen molar-refractivity contribution in [2.45, 2.75) is 32.2 Å². The van der Waals surface area contributed by atoms with Crippen LogP contribution in [0.3, 0.4) is 0 Å². The molecule has 0 aromatic heterocycles. The van der Waals surface area contributed by atoms with Crippen molar-refractivity contribution in [1.82, 2.24) is 5.32 Å². The molecular weight excluding hydrogens is 229 g/mol. The number of piperidine rings is 1. The Balaban J connectivity index is 2.45. The average Bonchev–Trinajstić information content (AvgIpc) is 2.28. The summed E-state index contributed by atoms with van der Waals surface area (Å²) in [5.41, 5.74) is 1.10. The van der Waals surface area contributed by atoms with Gasteiger partial charge in [0.2, 0.25) is 0 Å². The third kappa shape index (κ3) is 2.02. The van der Waals surface area contributed by atoms with Gasteiger partial charge >= 0.3 is 0 Å². The highest BCUT2D eigenvalue weighted by Crippen LogP contribution is 2.38. The van der Waals surface area contributed by atoms with Crippen LogP contribution in [0.15, 0.2) is 6.07 Å². The lowest BCUT2D eigenvalue weighted by atomic mass is 9.93.